The van der Waals surface area contributed by atoms with Crippen molar-refractivity contribution < 1.29 is 9.90 Å². The molecule has 0 spiro atoms. The number of carbonyl (C=O) groups is 1. The molecule has 1 amide bonds. The SMILES string of the molecule is O=C(CNCC(O)C1CC1)Nc1ccc(Cl)cc1. The molecule has 5 heteroatoms. The molecule has 4 nitrogen and oxygen atoms in total. The Morgan fingerprint density at radius 2 is 2.06 bits per heavy atom. The normalized spacial score (nSPS) is 16.3. The zero-order chi connectivity index (χ0) is 13.0. The van der Waals surface area contributed by atoms with E-state index in [4.69, 9.17) is 11.6 Å². The van der Waals surface area contributed by atoms with Crippen LogP contribution < -0.4 is 10.6 Å². The summed E-state index contributed by atoms with van der Waals surface area (Å²) in [4.78, 5) is 11.6. The number of benzene rings is 1. The van der Waals surface area contributed by atoms with Gasteiger partial charge < -0.3 is 15.7 Å². The van der Waals surface area contributed by atoms with Crippen molar-refractivity contribution in [3.05, 3.63) is 29.3 Å². The molecule has 0 bridgehead atoms. The summed E-state index contributed by atoms with van der Waals surface area (Å²) in [5.74, 6) is 0.303. The van der Waals surface area contributed by atoms with Crippen molar-refractivity contribution in [1.29, 1.82) is 0 Å². The minimum atomic E-state index is -0.326. The van der Waals surface area contributed by atoms with Crippen LogP contribution in [-0.4, -0.2) is 30.2 Å². The first kappa shape index (κ1) is 13.3. The van der Waals surface area contributed by atoms with Gasteiger partial charge in [-0.2, -0.15) is 0 Å². The Morgan fingerprint density at radius 3 is 2.67 bits per heavy atom. The molecule has 98 valence electrons. The first-order valence-electron chi connectivity index (χ1n) is 6.09. The van der Waals surface area contributed by atoms with E-state index >= 15 is 0 Å². The van der Waals surface area contributed by atoms with Gasteiger partial charge in [0.25, 0.3) is 0 Å². The van der Waals surface area contributed by atoms with E-state index in [2.05, 4.69) is 10.6 Å². The van der Waals surface area contributed by atoms with Crippen LogP contribution in [0.1, 0.15) is 12.8 Å². The summed E-state index contributed by atoms with van der Waals surface area (Å²) in [6.45, 7) is 0.672. The molecule has 0 radical (unpaired) electrons. The molecule has 0 aliphatic heterocycles. The summed E-state index contributed by atoms with van der Waals surface area (Å²) >= 11 is 5.75. The first-order chi connectivity index (χ1) is 8.65. The van der Waals surface area contributed by atoms with Crippen LogP contribution in [0.15, 0.2) is 24.3 Å². The lowest BCUT2D eigenvalue weighted by Gasteiger charge is -2.10. The van der Waals surface area contributed by atoms with Crippen LogP contribution in [0.5, 0.6) is 0 Å². The summed E-state index contributed by atoms with van der Waals surface area (Å²) in [6, 6.07) is 6.95. The molecule has 2 rings (SSSR count). The van der Waals surface area contributed by atoms with Crippen molar-refractivity contribution in [1.82, 2.24) is 5.32 Å². The summed E-state index contributed by atoms with van der Waals surface area (Å²) in [6.07, 6.45) is 1.87. The Hall–Kier alpha value is -1.10. The van der Waals surface area contributed by atoms with E-state index in [1.807, 2.05) is 0 Å². The zero-order valence-electron chi connectivity index (χ0n) is 10.0. The third-order valence-electron chi connectivity index (χ3n) is 2.93. The van der Waals surface area contributed by atoms with Gasteiger partial charge in [0.05, 0.1) is 12.6 Å². The maximum atomic E-state index is 11.6. The predicted molar refractivity (Wildman–Crippen MR) is 71.7 cm³/mol. The van der Waals surface area contributed by atoms with Crippen molar-refractivity contribution in [3.8, 4) is 0 Å². The number of nitrogens with one attached hydrogen (secondary N) is 2. The summed E-state index contributed by atoms with van der Waals surface area (Å²) in [5.41, 5.74) is 0.717. The number of anilines is 1. The molecular formula is C13H17ClN2O2. The van der Waals surface area contributed by atoms with Crippen molar-refractivity contribution >= 4 is 23.2 Å². The van der Waals surface area contributed by atoms with Gasteiger partial charge in [0.2, 0.25) is 5.91 Å². The fourth-order valence-electron chi connectivity index (χ4n) is 1.72. The monoisotopic (exact) mass is 268 g/mol. The molecule has 1 atom stereocenters. The van der Waals surface area contributed by atoms with E-state index in [1.165, 1.54) is 0 Å². The minimum Gasteiger partial charge on any atom is -0.392 e. The van der Waals surface area contributed by atoms with Crippen LogP contribution in [0.2, 0.25) is 5.02 Å². The highest BCUT2D eigenvalue weighted by Gasteiger charge is 2.29. The average Bonchev–Trinajstić information content (AvgIpc) is 3.16. The fourth-order valence-corrected chi connectivity index (χ4v) is 1.85. The molecule has 0 aromatic heterocycles. The number of amides is 1. The lowest BCUT2D eigenvalue weighted by atomic mass is 10.2. The zero-order valence-corrected chi connectivity index (χ0v) is 10.8. The van der Waals surface area contributed by atoms with Gasteiger partial charge in [-0.15, -0.1) is 0 Å². The highest BCUT2D eigenvalue weighted by Crippen LogP contribution is 2.32. The van der Waals surface area contributed by atoms with E-state index in [0.717, 1.165) is 12.8 Å². The number of halogens is 1. The van der Waals surface area contributed by atoms with Gasteiger partial charge in [-0.25, -0.2) is 0 Å². The summed E-state index contributed by atoms with van der Waals surface area (Å²) in [5, 5.41) is 15.9. The van der Waals surface area contributed by atoms with Crippen LogP contribution in [-0.2, 0) is 4.79 Å². The van der Waals surface area contributed by atoms with Gasteiger partial charge in [0.15, 0.2) is 0 Å². The third kappa shape index (κ3) is 4.29. The number of rotatable bonds is 6. The van der Waals surface area contributed by atoms with Crippen molar-refractivity contribution in [2.75, 3.05) is 18.4 Å². The molecule has 1 unspecified atom stereocenters. The number of hydrogen-bond donors (Lipinski definition) is 3. The van der Waals surface area contributed by atoms with Crippen molar-refractivity contribution in [2.24, 2.45) is 5.92 Å². The molecule has 1 aliphatic rings. The van der Waals surface area contributed by atoms with E-state index < -0.39 is 0 Å². The minimum absolute atomic E-state index is 0.125. The summed E-state index contributed by atoms with van der Waals surface area (Å²) in [7, 11) is 0. The fraction of sp³-hybridized carbons (Fsp3) is 0.462. The van der Waals surface area contributed by atoms with Gasteiger partial charge in [-0.05, 0) is 43.0 Å². The summed E-state index contributed by atoms with van der Waals surface area (Å²) < 4.78 is 0. The molecule has 1 aromatic rings. The maximum absolute atomic E-state index is 11.6. The molecule has 1 fully saturated rings. The molecule has 1 saturated carbocycles. The van der Waals surface area contributed by atoms with Gasteiger partial charge in [0, 0.05) is 17.3 Å². The smallest absolute Gasteiger partial charge is 0.238 e. The quantitative estimate of drug-likeness (QED) is 0.735. The Bertz CT molecular complexity index is 404. The molecule has 3 N–H and O–H groups in total. The van der Waals surface area contributed by atoms with Crippen molar-refractivity contribution in [3.63, 3.8) is 0 Å². The number of hydrogen-bond acceptors (Lipinski definition) is 3. The largest absolute Gasteiger partial charge is 0.392 e. The van der Waals surface area contributed by atoms with Crippen LogP contribution in [0.3, 0.4) is 0 Å². The first-order valence-corrected chi connectivity index (χ1v) is 6.47. The molecule has 1 aliphatic carbocycles. The van der Waals surface area contributed by atoms with Crippen LogP contribution in [0, 0.1) is 5.92 Å². The molecular weight excluding hydrogens is 252 g/mol. The van der Waals surface area contributed by atoms with E-state index in [9.17, 15) is 9.90 Å². The third-order valence-corrected chi connectivity index (χ3v) is 3.19. The number of carbonyl (C=O) groups excluding carboxylic acids is 1. The van der Waals surface area contributed by atoms with Crippen LogP contribution in [0.4, 0.5) is 5.69 Å². The second-order valence-corrected chi connectivity index (χ2v) is 5.03. The number of aliphatic hydroxyl groups is 1. The number of aliphatic hydroxyl groups excluding tert-OH is 1. The van der Waals surface area contributed by atoms with Crippen molar-refractivity contribution in [2.45, 2.75) is 18.9 Å². The molecule has 1 aromatic carbocycles. The Morgan fingerprint density at radius 1 is 1.39 bits per heavy atom. The molecule has 18 heavy (non-hydrogen) atoms. The van der Waals surface area contributed by atoms with Crippen LogP contribution in [0.25, 0.3) is 0 Å². The average molecular weight is 269 g/mol. The predicted octanol–water partition coefficient (Wildman–Crippen LogP) is 1.64. The van der Waals surface area contributed by atoms with Crippen LogP contribution >= 0.6 is 11.6 Å². The lowest BCUT2D eigenvalue weighted by molar-refractivity contribution is -0.115. The Kier molecular flexibility index (Phi) is 4.58. The second kappa shape index (κ2) is 6.18. The van der Waals surface area contributed by atoms with Gasteiger partial charge in [0.1, 0.15) is 0 Å². The van der Waals surface area contributed by atoms with E-state index in [-0.39, 0.29) is 18.6 Å². The molecule has 0 heterocycles. The standard InChI is InChI=1S/C13H17ClN2O2/c14-10-3-5-11(6-4-10)16-13(18)8-15-7-12(17)9-1-2-9/h3-6,9,12,15,17H,1-2,7-8H2,(H,16,18). The van der Waals surface area contributed by atoms with Gasteiger partial charge in [-0.3, -0.25) is 4.79 Å². The van der Waals surface area contributed by atoms with Gasteiger partial charge >= 0.3 is 0 Å². The highest BCUT2D eigenvalue weighted by atomic mass is 35.5. The maximum Gasteiger partial charge on any atom is 0.238 e. The Labute approximate surface area is 111 Å². The van der Waals surface area contributed by atoms with E-state index in [1.54, 1.807) is 24.3 Å². The lowest BCUT2D eigenvalue weighted by Crippen LogP contribution is -2.34. The molecule has 0 saturated heterocycles. The Balaban J connectivity index is 1.66. The second-order valence-electron chi connectivity index (χ2n) is 4.59. The topological polar surface area (TPSA) is 61.4 Å². The van der Waals surface area contributed by atoms with E-state index in [0.29, 0.717) is 23.2 Å². The van der Waals surface area contributed by atoms with Gasteiger partial charge in [-0.1, -0.05) is 11.6 Å². The highest BCUT2D eigenvalue weighted by molar-refractivity contribution is 6.30.